The third-order valence-corrected chi connectivity index (χ3v) is 5.55. The number of hydrogen-bond donors (Lipinski definition) is 1. The summed E-state index contributed by atoms with van der Waals surface area (Å²) in [5, 5.41) is 0. The van der Waals surface area contributed by atoms with Crippen molar-refractivity contribution in [3.8, 4) is 28.7 Å². The summed E-state index contributed by atoms with van der Waals surface area (Å²) in [6.07, 6.45) is 11.3. The first-order valence-corrected chi connectivity index (χ1v) is 10.3. The van der Waals surface area contributed by atoms with Crippen molar-refractivity contribution in [2.45, 2.75) is 45.1 Å². The SMILES string of the molecule is Cc1cc2[nH]c(-c3ccc(-c4cnc(OC5CCCCC5)nc4)nc3)nc2cc1F. The van der Waals surface area contributed by atoms with Gasteiger partial charge < -0.3 is 9.72 Å². The first-order valence-electron chi connectivity index (χ1n) is 10.3. The topological polar surface area (TPSA) is 76.6 Å². The number of benzene rings is 1. The minimum Gasteiger partial charge on any atom is -0.460 e. The molecule has 5 rings (SSSR count). The number of rotatable bonds is 4. The Morgan fingerprint density at radius 3 is 2.47 bits per heavy atom. The summed E-state index contributed by atoms with van der Waals surface area (Å²) in [4.78, 5) is 20.9. The summed E-state index contributed by atoms with van der Waals surface area (Å²) in [6, 6.07) is 7.45. The highest BCUT2D eigenvalue weighted by Gasteiger charge is 2.16. The van der Waals surface area contributed by atoms with E-state index < -0.39 is 0 Å². The van der Waals surface area contributed by atoms with E-state index in [4.69, 9.17) is 4.74 Å². The van der Waals surface area contributed by atoms with Gasteiger partial charge in [-0.1, -0.05) is 6.42 Å². The molecule has 0 radical (unpaired) electrons. The van der Waals surface area contributed by atoms with Crippen LogP contribution < -0.4 is 4.74 Å². The van der Waals surface area contributed by atoms with Gasteiger partial charge in [-0.3, -0.25) is 4.98 Å². The number of aromatic nitrogens is 5. The van der Waals surface area contributed by atoms with Gasteiger partial charge in [0.2, 0.25) is 0 Å². The fourth-order valence-electron chi connectivity index (χ4n) is 3.82. The number of aryl methyl sites for hydroxylation is 1. The van der Waals surface area contributed by atoms with Gasteiger partial charge in [-0.05, 0) is 56.4 Å². The molecule has 1 aliphatic carbocycles. The van der Waals surface area contributed by atoms with Gasteiger partial charge in [0.25, 0.3) is 0 Å². The molecule has 0 amide bonds. The number of pyridine rings is 1. The zero-order chi connectivity index (χ0) is 20.5. The summed E-state index contributed by atoms with van der Waals surface area (Å²) in [5.74, 6) is 0.395. The van der Waals surface area contributed by atoms with Crippen molar-refractivity contribution >= 4 is 11.0 Å². The lowest BCUT2D eigenvalue weighted by Crippen LogP contribution is -2.20. The van der Waals surface area contributed by atoms with Crippen LogP contribution in [0.2, 0.25) is 0 Å². The fraction of sp³-hybridized carbons (Fsp3) is 0.304. The Bertz CT molecular complexity index is 1130. The molecule has 0 spiro atoms. The standard InChI is InChI=1S/C23H22FN5O/c1-14-9-20-21(10-18(14)24)29-22(28-20)15-7-8-19(25-11-15)16-12-26-23(27-13-16)30-17-5-3-2-4-6-17/h7-13,17H,2-6H2,1H3,(H,28,29). The average molecular weight is 403 g/mol. The van der Waals surface area contributed by atoms with Gasteiger partial charge in [-0.15, -0.1) is 0 Å². The molecule has 4 aromatic rings. The Morgan fingerprint density at radius 1 is 0.967 bits per heavy atom. The summed E-state index contributed by atoms with van der Waals surface area (Å²) >= 11 is 0. The number of hydrogen-bond acceptors (Lipinski definition) is 5. The van der Waals surface area contributed by atoms with Crippen LogP contribution in [0.5, 0.6) is 6.01 Å². The second-order valence-electron chi connectivity index (χ2n) is 7.77. The number of aromatic amines is 1. The van der Waals surface area contributed by atoms with Gasteiger partial charge in [0, 0.05) is 35.8 Å². The Labute approximate surface area is 173 Å². The molecular formula is C23H22FN5O. The first-order chi connectivity index (χ1) is 14.7. The van der Waals surface area contributed by atoms with Crippen molar-refractivity contribution in [2.24, 2.45) is 0 Å². The van der Waals surface area contributed by atoms with E-state index in [1.807, 2.05) is 12.1 Å². The molecule has 0 saturated heterocycles. The van der Waals surface area contributed by atoms with Crippen LogP contribution in [0.25, 0.3) is 33.7 Å². The van der Waals surface area contributed by atoms with Crippen LogP contribution in [0, 0.1) is 12.7 Å². The molecule has 1 N–H and O–H groups in total. The van der Waals surface area contributed by atoms with E-state index in [1.165, 1.54) is 25.3 Å². The van der Waals surface area contributed by atoms with E-state index >= 15 is 0 Å². The van der Waals surface area contributed by atoms with Crippen LogP contribution in [0.1, 0.15) is 37.7 Å². The van der Waals surface area contributed by atoms with Crippen LogP contribution in [0.3, 0.4) is 0 Å². The molecule has 1 saturated carbocycles. The third kappa shape index (κ3) is 3.75. The monoisotopic (exact) mass is 403 g/mol. The zero-order valence-electron chi connectivity index (χ0n) is 16.7. The van der Waals surface area contributed by atoms with Gasteiger partial charge >= 0.3 is 6.01 Å². The first kappa shape index (κ1) is 18.7. The number of imidazole rings is 1. The fourth-order valence-corrected chi connectivity index (χ4v) is 3.82. The number of H-pyrrole nitrogens is 1. The normalized spacial score (nSPS) is 14.9. The maximum atomic E-state index is 13.8. The number of fused-ring (bicyclic) bond motifs is 1. The molecule has 7 heteroatoms. The van der Waals surface area contributed by atoms with E-state index in [0.29, 0.717) is 22.9 Å². The second kappa shape index (κ2) is 7.82. The van der Waals surface area contributed by atoms with Crippen molar-refractivity contribution in [3.63, 3.8) is 0 Å². The highest BCUT2D eigenvalue weighted by atomic mass is 19.1. The molecule has 0 bridgehead atoms. The molecule has 0 unspecified atom stereocenters. The minimum atomic E-state index is -0.259. The van der Waals surface area contributed by atoms with Crippen LogP contribution in [0.4, 0.5) is 4.39 Å². The van der Waals surface area contributed by atoms with E-state index in [0.717, 1.165) is 35.2 Å². The molecule has 1 aromatic carbocycles. The molecule has 1 aliphatic rings. The smallest absolute Gasteiger partial charge is 0.316 e. The van der Waals surface area contributed by atoms with Gasteiger partial charge in [0.1, 0.15) is 17.7 Å². The van der Waals surface area contributed by atoms with Crippen molar-refractivity contribution in [1.82, 2.24) is 24.9 Å². The molecule has 152 valence electrons. The van der Waals surface area contributed by atoms with Crippen molar-refractivity contribution in [2.75, 3.05) is 0 Å². The Balaban J connectivity index is 1.33. The molecule has 1 fully saturated rings. The predicted octanol–water partition coefficient (Wildman–Crippen LogP) is 5.24. The maximum Gasteiger partial charge on any atom is 0.316 e. The van der Waals surface area contributed by atoms with Gasteiger partial charge in [-0.2, -0.15) is 0 Å². The Hall–Kier alpha value is -3.35. The summed E-state index contributed by atoms with van der Waals surface area (Å²) < 4.78 is 19.7. The van der Waals surface area contributed by atoms with Crippen LogP contribution in [-0.2, 0) is 0 Å². The second-order valence-corrected chi connectivity index (χ2v) is 7.77. The maximum absolute atomic E-state index is 13.8. The van der Waals surface area contributed by atoms with E-state index in [2.05, 4.69) is 24.9 Å². The Kier molecular flexibility index (Phi) is 4.86. The number of nitrogens with one attached hydrogen (secondary N) is 1. The van der Waals surface area contributed by atoms with E-state index in [-0.39, 0.29) is 11.9 Å². The molecule has 30 heavy (non-hydrogen) atoms. The summed E-state index contributed by atoms with van der Waals surface area (Å²) in [7, 11) is 0. The highest BCUT2D eigenvalue weighted by Crippen LogP contribution is 2.25. The molecule has 0 aliphatic heterocycles. The lowest BCUT2D eigenvalue weighted by Gasteiger charge is -2.21. The largest absolute Gasteiger partial charge is 0.460 e. The molecule has 0 atom stereocenters. The zero-order valence-corrected chi connectivity index (χ0v) is 16.7. The van der Waals surface area contributed by atoms with Gasteiger partial charge in [0.05, 0.1) is 16.7 Å². The predicted molar refractivity (Wildman–Crippen MR) is 113 cm³/mol. The van der Waals surface area contributed by atoms with E-state index in [9.17, 15) is 4.39 Å². The van der Waals surface area contributed by atoms with Crippen molar-refractivity contribution in [1.29, 1.82) is 0 Å². The molecular weight excluding hydrogens is 381 g/mol. The van der Waals surface area contributed by atoms with Gasteiger partial charge in [0.15, 0.2) is 0 Å². The number of ether oxygens (including phenoxy) is 1. The molecule has 6 nitrogen and oxygen atoms in total. The lowest BCUT2D eigenvalue weighted by atomic mass is 9.98. The van der Waals surface area contributed by atoms with Crippen LogP contribution in [0.15, 0.2) is 42.9 Å². The Morgan fingerprint density at radius 2 is 1.73 bits per heavy atom. The van der Waals surface area contributed by atoms with Crippen LogP contribution >= 0.6 is 0 Å². The molecule has 3 heterocycles. The quantitative estimate of drug-likeness (QED) is 0.504. The van der Waals surface area contributed by atoms with Crippen LogP contribution in [-0.4, -0.2) is 31.0 Å². The number of halogens is 1. The lowest BCUT2D eigenvalue weighted by molar-refractivity contribution is 0.142. The van der Waals surface area contributed by atoms with Crippen molar-refractivity contribution in [3.05, 3.63) is 54.2 Å². The highest BCUT2D eigenvalue weighted by molar-refractivity contribution is 5.80. The van der Waals surface area contributed by atoms with Crippen molar-refractivity contribution < 1.29 is 9.13 Å². The number of nitrogens with zero attached hydrogens (tertiary/aromatic N) is 4. The minimum absolute atomic E-state index is 0.225. The molecule has 3 aromatic heterocycles. The third-order valence-electron chi connectivity index (χ3n) is 5.55. The summed E-state index contributed by atoms with van der Waals surface area (Å²) in [5.41, 5.74) is 4.39. The van der Waals surface area contributed by atoms with Gasteiger partial charge in [-0.25, -0.2) is 19.3 Å². The van der Waals surface area contributed by atoms with E-state index in [1.54, 1.807) is 31.6 Å². The summed E-state index contributed by atoms with van der Waals surface area (Å²) in [6.45, 7) is 1.74. The average Bonchev–Trinajstić information content (AvgIpc) is 3.18.